The summed E-state index contributed by atoms with van der Waals surface area (Å²) in [6.45, 7) is 6.11. The first-order valence-electron chi connectivity index (χ1n) is 5.09. The molecule has 0 spiro atoms. The van der Waals surface area contributed by atoms with Gasteiger partial charge in [0.2, 0.25) is 0 Å². The van der Waals surface area contributed by atoms with Crippen LogP contribution in [0.3, 0.4) is 0 Å². The molecule has 1 heterocycles. The zero-order valence-corrected chi connectivity index (χ0v) is 8.96. The molecule has 0 N–H and O–H groups in total. The van der Waals surface area contributed by atoms with Crippen molar-refractivity contribution < 1.29 is 18.3 Å². The Morgan fingerprint density at radius 3 is 2.27 bits per heavy atom. The maximum absolute atomic E-state index is 12.8. The van der Waals surface area contributed by atoms with Crippen molar-refractivity contribution in [3.8, 4) is 0 Å². The van der Waals surface area contributed by atoms with E-state index in [0.29, 0.717) is 5.92 Å². The molecule has 1 fully saturated rings. The van der Waals surface area contributed by atoms with E-state index in [4.69, 9.17) is 0 Å². The summed E-state index contributed by atoms with van der Waals surface area (Å²) in [5, 5.41) is 0. The fourth-order valence-electron chi connectivity index (χ4n) is 2.09. The standard InChI is InChI=1S/C11H14F2O2/c1-6(2)8-5-10-9(4-7(8)3)14-11(12,13)15-10/h4-8H,1-3H3. The Kier molecular flexibility index (Phi) is 2.24. The molecule has 2 unspecified atom stereocenters. The first kappa shape index (κ1) is 10.5. The minimum atomic E-state index is -3.50. The van der Waals surface area contributed by atoms with Crippen molar-refractivity contribution in [2.75, 3.05) is 0 Å². The number of allylic oxidation sites excluding steroid dienone is 2. The quantitative estimate of drug-likeness (QED) is 0.669. The highest BCUT2D eigenvalue weighted by Gasteiger charge is 2.47. The van der Waals surface area contributed by atoms with Gasteiger partial charge in [0.15, 0.2) is 11.5 Å². The number of hydrogen-bond donors (Lipinski definition) is 0. The van der Waals surface area contributed by atoms with E-state index < -0.39 is 6.29 Å². The molecule has 1 aliphatic carbocycles. The zero-order valence-electron chi connectivity index (χ0n) is 8.96. The minimum absolute atomic E-state index is 0.171. The fourth-order valence-corrected chi connectivity index (χ4v) is 2.09. The Balaban J connectivity index is 2.27. The monoisotopic (exact) mass is 216 g/mol. The highest BCUT2D eigenvalue weighted by Crippen LogP contribution is 2.42. The Morgan fingerprint density at radius 1 is 1.20 bits per heavy atom. The average molecular weight is 216 g/mol. The smallest absolute Gasteiger partial charge is 0.396 e. The highest BCUT2D eigenvalue weighted by atomic mass is 19.3. The summed E-state index contributed by atoms with van der Waals surface area (Å²) in [6, 6.07) is 0. The van der Waals surface area contributed by atoms with Crippen molar-refractivity contribution in [1.29, 1.82) is 0 Å². The van der Waals surface area contributed by atoms with Crippen molar-refractivity contribution in [2.45, 2.75) is 27.1 Å². The number of alkyl halides is 2. The van der Waals surface area contributed by atoms with Gasteiger partial charge in [0.1, 0.15) is 0 Å². The SMILES string of the molecule is CC(C)C1C=C2OC(F)(F)OC2=CC1C. The molecule has 0 radical (unpaired) electrons. The summed E-state index contributed by atoms with van der Waals surface area (Å²) in [4.78, 5) is 0. The first-order chi connectivity index (χ1) is 6.89. The molecular formula is C11H14F2O2. The second kappa shape index (κ2) is 3.22. The van der Waals surface area contributed by atoms with Crippen molar-refractivity contribution in [2.24, 2.45) is 17.8 Å². The Hall–Kier alpha value is -1.06. The molecule has 0 aromatic rings. The summed E-state index contributed by atoms with van der Waals surface area (Å²) in [5.41, 5.74) is 0. The summed E-state index contributed by atoms with van der Waals surface area (Å²) < 4.78 is 34.4. The molecular weight excluding hydrogens is 202 g/mol. The van der Waals surface area contributed by atoms with E-state index >= 15 is 0 Å². The molecule has 2 aliphatic rings. The third kappa shape index (κ3) is 1.85. The summed E-state index contributed by atoms with van der Waals surface area (Å²) in [6.07, 6.45) is -0.0459. The van der Waals surface area contributed by atoms with Gasteiger partial charge in [0.05, 0.1) is 0 Å². The van der Waals surface area contributed by atoms with Gasteiger partial charge in [-0.05, 0) is 29.9 Å². The summed E-state index contributed by atoms with van der Waals surface area (Å²) in [7, 11) is 0. The molecule has 84 valence electrons. The van der Waals surface area contributed by atoms with Crippen LogP contribution in [0.1, 0.15) is 20.8 Å². The van der Waals surface area contributed by atoms with Gasteiger partial charge < -0.3 is 9.47 Å². The Bertz CT molecular complexity index is 331. The van der Waals surface area contributed by atoms with E-state index in [9.17, 15) is 8.78 Å². The number of halogens is 2. The van der Waals surface area contributed by atoms with Crippen molar-refractivity contribution in [3.63, 3.8) is 0 Å². The third-order valence-electron chi connectivity index (χ3n) is 2.84. The van der Waals surface area contributed by atoms with Crippen LogP contribution in [0.5, 0.6) is 0 Å². The molecule has 0 aromatic heterocycles. The molecule has 1 saturated heterocycles. The lowest BCUT2D eigenvalue weighted by atomic mass is 9.81. The fraction of sp³-hybridized carbons (Fsp3) is 0.636. The maximum Gasteiger partial charge on any atom is 0.586 e. The molecule has 0 bridgehead atoms. The van der Waals surface area contributed by atoms with Crippen LogP contribution in [0.2, 0.25) is 0 Å². The van der Waals surface area contributed by atoms with Gasteiger partial charge >= 0.3 is 6.29 Å². The van der Waals surface area contributed by atoms with E-state index in [1.54, 1.807) is 12.2 Å². The average Bonchev–Trinajstić information content (AvgIpc) is 2.36. The van der Waals surface area contributed by atoms with E-state index in [0.717, 1.165) is 0 Å². The van der Waals surface area contributed by atoms with E-state index in [2.05, 4.69) is 23.3 Å². The van der Waals surface area contributed by atoms with Crippen LogP contribution in [-0.2, 0) is 9.47 Å². The lowest BCUT2D eigenvalue weighted by molar-refractivity contribution is -0.326. The molecule has 4 heteroatoms. The number of rotatable bonds is 1. The Labute approximate surface area is 87.6 Å². The van der Waals surface area contributed by atoms with Gasteiger partial charge in [-0.3, -0.25) is 0 Å². The van der Waals surface area contributed by atoms with Crippen LogP contribution in [0.15, 0.2) is 23.7 Å². The van der Waals surface area contributed by atoms with E-state index in [1.165, 1.54) is 0 Å². The van der Waals surface area contributed by atoms with Crippen LogP contribution >= 0.6 is 0 Å². The second-order valence-corrected chi connectivity index (χ2v) is 4.41. The second-order valence-electron chi connectivity index (χ2n) is 4.41. The summed E-state index contributed by atoms with van der Waals surface area (Å²) in [5.74, 6) is 1.16. The zero-order chi connectivity index (χ0) is 11.2. The van der Waals surface area contributed by atoms with Crippen LogP contribution < -0.4 is 0 Å². The van der Waals surface area contributed by atoms with Gasteiger partial charge in [0, 0.05) is 0 Å². The molecule has 15 heavy (non-hydrogen) atoms. The van der Waals surface area contributed by atoms with Gasteiger partial charge in [-0.25, -0.2) is 0 Å². The van der Waals surface area contributed by atoms with Crippen LogP contribution in [0.25, 0.3) is 0 Å². The van der Waals surface area contributed by atoms with Crippen LogP contribution in [-0.4, -0.2) is 6.29 Å². The number of ether oxygens (including phenoxy) is 2. The highest BCUT2D eigenvalue weighted by molar-refractivity contribution is 5.29. The van der Waals surface area contributed by atoms with Gasteiger partial charge in [-0.15, -0.1) is 8.78 Å². The number of hydrogen-bond acceptors (Lipinski definition) is 2. The third-order valence-corrected chi connectivity index (χ3v) is 2.84. The predicted molar refractivity (Wildman–Crippen MR) is 50.8 cm³/mol. The van der Waals surface area contributed by atoms with Gasteiger partial charge in [-0.2, -0.15) is 0 Å². The van der Waals surface area contributed by atoms with Crippen molar-refractivity contribution >= 4 is 0 Å². The molecule has 1 aliphatic heterocycles. The lowest BCUT2D eigenvalue weighted by Gasteiger charge is -2.25. The van der Waals surface area contributed by atoms with Gasteiger partial charge in [0.25, 0.3) is 0 Å². The van der Waals surface area contributed by atoms with Crippen molar-refractivity contribution in [1.82, 2.24) is 0 Å². The molecule has 2 nitrogen and oxygen atoms in total. The minimum Gasteiger partial charge on any atom is -0.396 e. The largest absolute Gasteiger partial charge is 0.586 e. The number of fused-ring (bicyclic) bond motifs is 1. The van der Waals surface area contributed by atoms with Crippen LogP contribution in [0.4, 0.5) is 8.78 Å². The summed E-state index contributed by atoms with van der Waals surface area (Å²) >= 11 is 0. The predicted octanol–water partition coefficient (Wildman–Crippen LogP) is 3.27. The molecule has 0 amide bonds. The van der Waals surface area contributed by atoms with E-state index in [1.807, 2.05) is 6.92 Å². The normalized spacial score (nSPS) is 32.7. The van der Waals surface area contributed by atoms with Gasteiger partial charge in [-0.1, -0.05) is 20.8 Å². The van der Waals surface area contributed by atoms with E-state index in [-0.39, 0.29) is 23.4 Å². The first-order valence-corrected chi connectivity index (χ1v) is 5.09. The van der Waals surface area contributed by atoms with Crippen molar-refractivity contribution in [3.05, 3.63) is 23.7 Å². The molecule has 0 saturated carbocycles. The molecule has 0 aromatic carbocycles. The maximum atomic E-state index is 12.8. The topological polar surface area (TPSA) is 18.5 Å². The van der Waals surface area contributed by atoms with Crippen LogP contribution in [0, 0.1) is 17.8 Å². The molecule has 2 rings (SSSR count). The Morgan fingerprint density at radius 2 is 1.73 bits per heavy atom. The lowest BCUT2D eigenvalue weighted by Crippen LogP contribution is -2.18. The molecule has 2 atom stereocenters.